The summed E-state index contributed by atoms with van der Waals surface area (Å²) in [5.41, 5.74) is 5.24. The number of carbonyl (C=O) groups excluding carboxylic acids is 6. The first-order chi connectivity index (χ1) is 19.2. The van der Waals surface area contributed by atoms with E-state index >= 15 is 0 Å². The average molecular weight is 582 g/mol. The summed E-state index contributed by atoms with van der Waals surface area (Å²) < 4.78 is 0. The summed E-state index contributed by atoms with van der Waals surface area (Å²) in [4.78, 5) is 88.7. The molecule has 0 aromatic carbocycles. The Kier molecular flexibility index (Phi) is 12.5. The smallest absolute Gasteiger partial charge is 0.325 e. The maximum atomic E-state index is 13.5. The van der Waals surface area contributed by atoms with E-state index in [2.05, 4.69) is 26.6 Å². The van der Waals surface area contributed by atoms with Gasteiger partial charge in [0, 0.05) is 13.0 Å². The highest BCUT2D eigenvalue weighted by Crippen LogP contribution is 2.21. The summed E-state index contributed by atoms with van der Waals surface area (Å²) in [5, 5.41) is 22.1. The Bertz CT molecular complexity index is 1010. The number of nitrogens with zero attached hydrogens (tertiary/aromatic N) is 1. The molecule has 15 nitrogen and oxygen atoms in total. The van der Waals surface area contributed by atoms with E-state index in [1.165, 1.54) is 18.7 Å². The first-order valence-corrected chi connectivity index (χ1v) is 14.0. The van der Waals surface area contributed by atoms with Gasteiger partial charge >= 0.3 is 5.97 Å². The second-order valence-corrected chi connectivity index (χ2v) is 10.9. The Labute approximate surface area is 239 Å². The number of likely N-dealkylation sites (tertiary alicyclic amines) is 1. The van der Waals surface area contributed by atoms with Gasteiger partial charge in [0.25, 0.3) is 0 Å². The fourth-order valence-electron chi connectivity index (χ4n) is 4.76. The van der Waals surface area contributed by atoms with E-state index in [9.17, 15) is 33.6 Å². The molecule has 230 valence electrons. The number of carboxylic acids is 1. The van der Waals surface area contributed by atoms with E-state index in [-0.39, 0.29) is 37.3 Å². The third-order valence-electron chi connectivity index (χ3n) is 7.24. The van der Waals surface area contributed by atoms with Crippen molar-refractivity contribution in [2.45, 2.75) is 102 Å². The van der Waals surface area contributed by atoms with Gasteiger partial charge in [-0.15, -0.1) is 0 Å². The minimum atomic E-state index is -1.26. The molecule has 0 bridgehead atoms. The summed E-state index contributed by atoms with van der Waals surface area (Å²) >= 11 is 0. The lowest BCUT2D eigenvalue weighted by atomic mass is 10.0. The first-order valence-electron chi connectivity index (χ1n) is 14.0. The summed E-state index contributed by atoms with van der Waals surface area (Å²) in [5.74, 6) is -5.04. The molecule has 0 aliphatic carbocycles. The minimum absolute atomic E-state index is 0.160. The molecule has 2 rings (SSSR count). The molecule has 0 aromatic heterocycles. The first kappa shape index (κ1) is 33.5. The summed E-state index contributed by atoms with van der Waals surface area (Å²) in [6.07, 6.45) is 2.00. The van der Waals surface area contributed by atoms with Crippen LogP contribution in [0.15, 0.2) is 0 Å². The van der Waals surface area contributed by atoms with Crippen molar-refractivity contribution in [3.8, 4) is 0 Å². The van der Waals surface area contributed by atoms with Crippen molar-refractivity contribution in [2.24, 2.45) is 11.7 Å². The van der Waals surface area contributed by atoms with Crippen LogP contribution in [0.2, 0.25) is 0 Å². The Morgan fingerprint density at radius 1 is 0.878 bits per heavy atom. The van der Waals surface area contributed by atoms with Gasteiger partial charge in [-0.1, -0.05) is 13.8 Å². The average Bonchev–Trinajstić information content (AvgIpc) is 3.61. The molecule has 2 heterocycles. The summed E-state index contributed by atoms with van der Waals surface area (Å²) in [7, 11) is 0. The van der Waals surface area contributed by atoms with Crippen LogP contribution in [0.4, 0.5) is 0 Å². The van der Waals surface area contributed by atoms with Crippen LogP contribution < -0.4 is 32.3 Å². The lowest BCUT2D eigenvalue weighted by Crippen LogP contribution is -2.59. The number of aliphatic carboxylic acids is 1. The van der Waals surface area contributed by atoms with Gasteiger partial charge in [0.2, 0.25) is 35.4 Å². The molecular formula is C26H43N7O8. The van der Waals surface area contributed by atoms with E-state index in [0.29, 0.717) is 19.3 Å². The largest absolute Gasteiger partial charge is 0.480 e. The van der Waals surface area contributed by atoms with Gasteiger partial charge in [0.15, 0.2) is 0 Å². The molecule has 0 spiro atoms. The van der Waals surface area contributed by atoms with Gasteiger partial charge in [0.1, 0.15) is 30.2 Å². The molecule has 0 radical (unpaired) electrons. The summed E-state index contributed by atoms with van der Waals surface area (Å²) in [6, 6.07) is -5.72. The standard InChI is InChI=1S/C26H43N7O8/c1-13(2)20(32-22(36)16-7-5-11-28-16)25(39)33-12-6-8-18(33)24(38)31-17(9-10-19(27)34)23(37)29-14(3)21(35)30-15(4)26(40)41/h13-18,20,28H,5-12H2,1-4H3,(H2,27,34)(H,29,37)(H,30,35)(H,31,38)(H,32,36)(H,40,41)/t14-,15-,16-,17-,18-,20-/m0/s1. The van der Waals surface area contributed by atoms with Crippen LogP contribution in [0.3, 0.4) is 0 Å². The molecule has 2 aliphatic rings. The van der Waals surface area contributed by atoms with Crippen LogP contribution in [0.5, 0.6) is 0 Å². The SMILES string of the molecule is CC(C)[C@H](NC(=O)[C@@H]1CCCN1)C(=O)N1CCC[C@H]1C(=O)N[C@@H](CCC(N)=O)C(=O)N[C@@H](C)C(=O)N[C@@H](C)C(=O)O. The number of amides is 6. The number of nitrogens with one attached hydrogen (secondary N) is 5. The van der Waals surface area contributed by atoms with Gasteiger partial charge in [0.05, 0.1) is 6.04 Å². The number of primary amides is 1. The fraction of sp³-hybridized carbons (Fsp3) is 0.731. The van der Waals surface area contributed by atoms with Gasteiger partial charge in [-0.2, -0.15) is 0 Å². The molecule has 0 saturated carbocycles. The van der Waals surface area contributed by atoms with Crippen molar-refractivity contribution < 1.29 is 38.7 Å². The van der Waals surface area contributed by atoms with Gasteiger partial charge < -0.3 is 42.3 Å². The molecule has 15 heteroatoms. The molecule has 0 unspecified atom stereocenters. The third-order valence-corrected chi connectivity index (χ3v) is 7.24. The Morgan fingerprint density at radius 2 is 1.54 bits per heavy atom. The number of nitrogens with two attached hydrogens (primary N) is 1. The van der Waals surface area contributed by atoms with Crippen LogP contribution in [-0.4, -0.2) is 101 Å². The number of carboxylic acid groups (broad SMARTS) is 1. The molecule has 2 saturated heterocycles. The van der Waals surface area contributed by atoms with Crippen LogP contribution in [0, 0.1) is 5.92 Å². The fourth-order valence-corrected chi connectivity index (χ4v) is 4.76. The van der Waals surface area contributed by atoms with E-state index in [1.807, 2.05) is 0 Å². The predicted molar refractivity (Wildman–Crippen MR) is 146 cm³/mol. The zero-order chi connectivity index (χ0) is 30.9. The highest BCUT2D eigenvalue weighted by Gasteiger charge is 2.40. The maximum absolute atomic E-state index is 13.5. The lowest BCUT2D eigenvalue weighted by molar-refractivity contribution is -0.143. The van der Waals surface area contributed by atoms with Crippen molar-refractivity contribution in [2.75, 3.05) is 13.1 Å². The Morgan fingerprint density at radius 3 is 2.10 bits per heavy atom. The number of hydrogen-bond acceptors (Lipinski definition) is 8. The van der Waals surface area contributed by atoms with E-state index < -0.39 is 65.7 Å². The topological polar surface area (TPSA) is 229 Å². The number of rotatable bonds is 14. The normalized spacial score (nSPS) is 21.3. The van der Waals surface area contributed by atoms with Crippen LogP contribution >= 0.6 is 0 Å². The minimum Gasteiger partial charge on any atom is -0.480 e. The molecule has 2 fully saturated rings. The molecule has 41 heavy (non-hydrogen) atoms. The molecular weight excluding hydrogens is 538 g/mol. The van der Waals surface area contributed by atoms with Crippen LogP contribution in [-0.2, 0) is 33.6 Å². The quantitative estimate of drug-likeness (QED) is 0.117. The third kappa shape index (κ3) is 9.69. The number of carbonyl (C=O) groups is 7. The molecule has 2 aliphatic heterocycles. The number of hydrogen-bond donors (Lipinski definition) is 7. The van der Waals surface area contributed by atoms with Gasteiger partial charge in [-0.3, -0.25) is 33.6 Å². The van der Waals surface area contributed by atoms with Crippen molar-refractivity contribution in [3.05, 3.63) is 0 Å². The molecule has 6 atom stereocenters. The van der Waals surface area contributed by atoms with Crippen molar-refractivity contribution in [1.29, 1.82) is 0 Å². The van der Waals surface area contributed by atoms with Crippen molar-refractivity contribution in [1.82, 2.24) is 31.5 Å². The zero-order valence-electron chi connectivity index (χ0n) is 24.0. The van der Waals surface area contributed by atoms with E-state index in [4.69, 9.17) is 10.8 Å². The van der Waals surface area contributed by atoms with Crippen molar-refractivity contribution >= 4 is 41.4 Å². The van der Waals surface area contributed by atoms with Gasteiger partial charge in [-0.25, -0.2) is 0 Å². The van der Waals surface area contributed by atoms with Crippen LogP contribution in [0.1, 0.15) is 66.2 Å². The van der Waals surface area contributed by atoms with E-state index in [0.717, 1.165) is 13.0 Å². The van der Waals surface area contributed by atoms with Gasteiger partial charge in [-0.05, 0) is 58.4 Å². The second kappa shape index (κ2) is 15.3. The lowest BCUT2D eigenvalue weighted by Gasteiger charge is -2.32. The monoisotopic (exact) mass is 581 g/mol. The highest BCUT2D eigenvalue weighted by molar-refractivity contribution is 5.96. The molecule has 0 aromatic rings. The van der Waals surface area contributed by atoms with E-state index in [1.54, 1.807) is 13.8 Å². The second-order valence-electron chi connectivity index (χ2n) is 10.9. The van der Waals surface area contributed by atoms with Crippen LogP contribution in [0.25, 0.3) is 0 Å². The highest BCUT2D eigenvalue weighted by atomic mass is 16.4. The maximum Gasteiger partial charge on any atom is 0.325 e. The van der Waals surface area contributed by atoms with Crippen molar-refractivity contribution in [3.63, 3.8) is 0 Å². The molecule has 8 N–H and O–H groups in total. The Balaban J connectivity index is 2.11. The zero-order valence-corrected chi connectivity index (χ0v) is 24.0. The predicted octanol–water partition coefficient (Wildman–Crippen LogP) is -2.29. The molecule has 6 amide bonds. The Hall–Kier alpha value is -3.75. The summed E-state index contributed by atoms with van der Waals surface area (Å²) in [6.45, 7) is 7.22.